The first-order chi connectivity index (χ1) is 11.5. The van der Waals surface area contributed by atoms with E-state index in [4.69, 9.17) is 0 Å². The monoisotopic (exact) mass is 328 g/mol. The lowest BCUT2D eigenvalue weighted by molar-refractivity contribution is 0.258. The molecule has 0 aliphatic carbocycles. The van der Waals surface area contributed by atoms with Gasteiger partial charge in [-0.2, -0.15) is 0 Å². The fourth-order valence-electron chi connectivity index (χ4n) is 3.17. The van der Waals surface area contributed by atoms with Gasteiger partial charge in [0.2, 0.25) is 0 Å². The Kier molecular flexibility index (Phi) is 6.55. The fourth-order valence-corrected chi connectivity index (χ4v) is 3.17. The van der Waals surface area contributed by atoms with Crippen molar-refractivity contribution in [2.75, 3.05) is 19.8 Å². The summed E-state index contributed by atoms with van der Waals surface area (Å²) in [7, 11) is 0. The van der Waals surface area contributed by atoms with Crippen LogP contribution in [0.4, 0.5) is 0 Å². The lowest BCUT2D eigenvalue weighted by atomic mass is 9.80. The highest BCUT2D eigenvalue weighted by molar-refractivity contribution is 5.67. The zero-order chi connectivity index (χ0) is 17.7. The van der Waals surface area contributed by atoms with E-state index in [9.17, 15) is 15.3 Å². The Morgan fingerprint density at radius 2 is 1.12 bits per heavy atom. The zero-order valence-electron chi connectivity index (χ0n) is 14.7. The first-order valence-electron chi connectivity index (χ1n) is 8.59. The highest BCUT2D eigenvalue weighted by atomic mass is 16.3. The highest BCUT2D eigenvalue weighted by Gasteiger charge is 2.22. The van der Waals surface area contributed by atoms with E-state index >= 15 is 0 Å². The SMILES string of the molecule is CC(CO)c1cc(-c2ccccc2)cc(C(C)CO)c1C(C)CO. The summed E-state index contributed by atoms with van der Waals surface area (Å²) < 4.78 is 0. The predicted octanol–water partition coefficient (Wildman–Crippen LogP) is 3.64. The Balaban J connectivity index is 2.73. The van der Waals surface area contributed by atoms with Crippen LogP contribution in [-0.4, -0.2) is 35.1 Å². The first kappa shape index (κ1) is 18.7. The molecule has 0 saturated heterocycles. The van der Waals surface area contributed by atoms with Crippen LogP contribution in [0.15, 0.2) is 42.5 Å². The van der Waals surface area contributed by atoms with Crippen LogP contribution < -0.4 is 0 Å². The van der Waals surface area contributed by atoms with E-state index in [0.29, 0.717) is 0 Å². The van der Waals surface area contributed by atoms with E-state index in [1.807, 2.05) is 39.0 Å². The van der Waals surface area contributed by atoms with Crippen molar-refractivity contribution in [2.45, 2.75) is 38.5 Å². The molecule has 3 nitrogen and oxygen atoms in total. The average Bonchev–Trinajstić information content (AvgIpc) is 2.65. The van der Waals surface area contributed by atoms with Gasteiger partial charge in [0, 0.05) is 37.6 Å². The van der Waals surface area contributed by atoms with Crippen molar-refractivity contribution >= 4 is 0 Å². The van der Waals surface area contributed by atoms with Gasteiger partial charge in [-0.15, -0.1) is 0 Å². The van der Waals surface area contributed by atoms with Crippen molar-refractivity contribution in [3.05, 3.63) is 59.2 Å². The van der Waals surface area contributed by atoms with Gasteiger partial charge in [0.15, 0.2) is 0 Å². The minimum absolute atomic E-state index is 0.0256. The van der Waals surface area contributed by atoms with Crippen molar-refractivity contribution in [1.29, 1.82) is 0 Å². The largest absolute Gasteiger partial charge is 0.396 e. The molecule has 0 spiro atoms. The number of hydrogen-bond acceptors (Lipinski definition) is 3. The van der Waals surface area contributed by atoms with Crippen LogP contribution in [-0.2, 0) is 0 Å². The van der Waals surface area contributed by atoms with E-state index in [-0.39, 0.29) is 37.6 Å². The van der Waals surface area contributed by atoms with Crippen LogP contribution in [0.5, 0.6) is 0 Å². The first-order valence-corrected chi connectivity index (χ1v) is 8.59. The maximum Gasteiger partial charge on any atom is 0.0497 e. The average molecular weight is 328 g/mol. The van der Waals surface area contributed by atoms with Gasteiger partial charge in [-0.05, 0) is 27.8 Å². The van der Waals surface area contributed by atoms with Crippen LogP contribution in [0.25, 0.3) is 11.1 Å². The topological polar surface area (TPSA) is 60.7 Å². The van der Waals surface area contributed by atoms with Crippen molar-refractivity contribution in [3.8, 4) is 11.1 Å². The van der Waals surface area contributed by atoms with Gasteiger partial charge < -0.3 is 15.3 Å². The molecular weight excluding hydrogens is 300 g/mol. The lowest BCUT2D eigenvalue weighted by Gasteiger charge is -2.26. The maximum atomic E-state index is 9.71. The third kappa shape index (κ3) is 3.86. The van der Waals surface area contributed by atoms with Gasteiger partial charge in [-0.25, -0.2) is 0 Å². The number of aliphatic hydroxyl groups is 3. The zero-order valence-corrected chi connectivity index (χ0v) is 14.7. The van der Waals surface area contributed by atoms with Crippen molar-refractivity contribution < 1.29 is 15.3 Å². The molecule has 3 N–H and O–H groups in total. The summed E-state index contributed by atoms with van der Waals surface area (Å²) in [6.45, 7) is 6.11. The van der Waals surface area contributed by atoms with E-state index in [1.165, 1.54) is 0 Å². The second-order valence-corrected chi connectivity index (χ2v) is 6.69. The van der Waals surface area contributed by atoms with Crippen LogP contribution >= 0.6 is 0 Å². The normalized spacial score (nSPS) is 15.1. The molecule has 2 rings (SSSR count). The molecule has 2 aromatic rings. The summed E-state index contributed by atoms with van der Waals surface area (Å²) in [6.07, 6.45) is 0. The molecule has 0 radical (unpaired) electrons. The second kappa shape index (κ2) is 8.43. The van der Waals surface area contributed by atoms with Crippen molar-refractivity contribution in [3.63, 3.8) is 0 Å². The molecular formula is C21H28O3. The Labute approximate surface area is 144 Å². The van der Waals surface area contributed by atoms with Gasteiger partial charge in [0.25, 0.3) is 0 Å². The molecule has 3 heteroatoms. The van der Waals surface area contributed by atoms with Crippen LogP contribution in [0.1, 0.15) is 55.2 Å². The van der Waals surface area contributed by atoms with Gasteiger partial charge >= 0.3 is 0 Å². The second-order valence-electron chi connectivity index (χ2n) is 6.69. The van der Waals surface area contributed by atoms with E-state index in [1.54, 1.807) is 0 Å². The Hall–Kier alpha value is -1.68. The third-order valence-corrected chi connectivity index (χ3v) is 4.73. The number of benzene rings is 2. The van der Waals surface area contributed by atoms with Crippen molar-refractivity contribution in [2.24, 2.45) is 0 Å². The molecule has 0 aliphatic rings. The van der Waals surface area contributed by atoms with Crippen molar-refractivity contribution in [1.82, 2.24) is 0 Å². The molecule has 0 aromatic heterocycles. The Bertz CT molecular complexity index is 620. The van der Waals surface area contributed by atoms with Gasteiger partial charge in [-0.1, -0.05) is 63.2 Å². The van der Waals surface area contributed by atoms with E-state index < -0.39 is 0 Å². The molecule has 0 heterocycles. The predicted molar refractivity (Wildman–Crippen MR) is 98.4 cm³/mol. The summed E-state index contributed by atoms with van der Waals surface area (Å²) in [6, 6.07) is 14.3. The number of aliphatic hydroxyl groups excluding tert-OH is 3. The molecule has 0 aliphatic heterocycles. The van der Waals surface area contributed by atoms with E-state index in [0.717, 1.165) is 27.8 Å². The minimum Gasteiger partial charge on any atom is -0.396 e. The molecule has 0 fully saturated rings. The standard InChI is InChI=1S/C21H28O3/c1-14(11-22)19-9-18(17-7-5-4-6-8-17)10-20(15(2)12-23)21(19)16(3)13-24/h4-10,14-16,22-24H,11-13H2,1-3H3. The molecule has 2 aromatic carbocycles. The van der Waals surface area contributed by atoms with E-state index in [2.05, 4.69) is 24.3 Å². The summed E-state index contributed by atoms with van der Waals surface area (Å²) in [5, 5.41) is 29.1. The summed E-state index contributed by atoms with van der Waals surface area (Å²) in [5.41, 5.74) is 5.35. The number of hydrogen-bond donors (Lipinski definition) is 3. The minimum atomic E-state index is -0.0391. The number of rotatable bonds is 7. The Morgan fingerprint density at radius 3 is 1.54 bits per heavy atom. The Morgan fingerprint density at radius 1 is 0.667 bits per heavy atom. The fraction of sp³-hybridized carbons (Fsp3) is 0.429. The smallest absolute Gasteiger partial charge is 0.0497 e. The molecule has 0 amide bonds. The quantitative estimate of drug-likeness (QED) is 0.727. The van der Waals surface area contributed by atoms with Crippen LogP contribution in [0, 0.1) is 0 Å². The molecule has 0 saturated carbocycles. The van der Waals surface area contributed by atoms with Crippen LogP contribution in [0.3, 0.4) is 0 Å². The van der Waals surface area contributed by atoms with Gasteiger partial charge in [0.1, 0.15) is 0 Å². The molecule has 3 atom stereocenters. The molecule has 130 valence electrons. The summed E-state index contributed by atoms with van der Waals surface area (Å²) >= 11 is 0. The summed E-state index contributed by atoms with van der Waals surface area (Å²) in [4.78, 5) is 0. The van der Waals surface area contributed by atoms with Gasteiger partial charge in [-0.3, -0.25) is 0 Å². The molecule has 0 bridgehead atoms. The van der Waals surface area contributed by atoms with Crippen LogP contribution in [0.2, 0.25) is 0 Å². The molecule has 24 heavy (non-hydrogen) atoms. The lowest BCUT2D eigenvalue weighted by Crippen LogP contribution is -2.14. The summed E-state index contributed by atoms with van der Waals surface area (Å²) in [5.74, 6) is -0.0903. The highest BCUT2D eigenvalue weighted by Crippen LogP contribution is 2.37. The third-order valence-electron chi connectivity index (χ3n) is 4.73. The van der Waals surface area contributed by atoms with Gasteiger partial charge in [0.05, 0.1) is 0 Å². The molecule has 3 unspecified atom stereocenters. The maximum absolute atomic E-state index is 9.71.